The molecule has 0 fully saturated rings. The molecule has 0 saturated heterocycles. The van der Waals surface area contributed by atoms with Crippen LogP contribution in [0.25, 0.3) is 11.6 Å². The lowest BCUT2D eigenvalue weighted by atomic mass is 9.92. The van der Waals surface area contributed by atoms with Crippen LogP contribution in [-0.2, 0) is 22.4 Å². The van der Waals surface area contributed by atoms with Crippen LogP contribution in [0.1, 0.15) is 56.4 Å². The molecule has 166 valence electrons. The molecule has 0 unspecified atom stereocenters. The Kier molecular flexibility index (Phi) is 5.59. The number of hydrogen-bond acceptors (Lipinski definition) is 5. The number of carbonyl (C=O) groups excluding carboxylic acids is 1. The number of aromatic hydroxyl groups is 1. The van der Waals surface area contributed by atoms with Gasteiger partial charge in [0.25, 0.3) is 0 Å². The molecule has 2 N–H and O–H groups in total. The summed E-state index contributed by atoms with van der Waals surface area (Å²) in [6.07, 6.45) is 5.93. The number of esters is 1. The number of hydrogen-bond donors (Lipinski definition) is 2. The summed E-state index contributed by atoms with van der Waals surface area (Å²) in [7, 11) is 0. The van der Waals surface area contributed by atoms with Gasteiger partial charge in [-0.1, -0.05) is 23.8 Å². The highest BCUT2D eigenvalue weighted by Crippen LogP contribution is 2.38. The number of aliphatic hydroxyl groups excluding tert-OH is 1. The third kappa shape index (κ3) is 4.42. The van der Waals surface area contributed by atoms with Crippen molar-refractivity contribution in [3.63, 3.8) is 0 Å². The first-order chi connectivity index (χ1) is 15.1. The lowest BCUT2D eigenvalue weighted by Crippen LogP contribution is -2.32. The second kappa shape index (κ2) is 8.23. The fourth-order valence-electron chi connectivity index (χ4n) is 3.91. The van der Waals surface area contributed by atoms with Gasteiger partial charge in [0.2, 0.25) is 0 Å². The summed E-state index contributed by atoms with van der Waals surface area (Å²) in [6.45, 7) is 8.11. The quantitative estimate of drug-likeness (QED) is 0.467. The van der Waals surface area contributed by atoms with Gasteiger partial charge < -0.3 is 19.7 Å². The number of allylic oxidation sites excluding steroid dienone is 2. The Morgan fingerprint density at radius 3 is 2.66 bits per heavy atom. The minimum absolute atomic E-state index is 0.0963. The zero-order valence-corrected chi connectivity index (χ0v) is 18.9. The number of fused-ring (bicyclic) bond motifs is 1. The Morgan fingerprint density at radius 1 is 1.12 bits per heavy atom. The number of phenolic OH excluding ortho intramolecular Hbond substituents is 1. The van der Waals surface area contributed by atoms with E-state index >= 15 is 0 Å². The molecular weight excluding hydrogens is 404 g/mol. The normalized spacial score (nSPS) is 18.2. The minimum Gasteiger partial charge on any atom is -0.508 e. The van der Waals surface area contributed by atoms with E-state index in [9.17, 15) is 15.0 Å². The number of cyclic esters (lactones) is 1. The number of ether oxygens (including phenoxy) is 2. The van der Waals surface area contributed by atoms with Gasteiger partial charge in [0.05, 0.1) is 0 Å². The maximum atomic E-state index is 12.6. The highest BCUT2D eigenvalue weighted by atomic mass is 16.6. The highest BCUT2D eigenvalue weighted by molar-refractivity contribution is 6.21. The molecule has 2 heterocycles. The topological polar surface area (TPSA) is 76.0 Å². The number of carbonyl (C=O) groups is 1. The SMILES string of the molecule is CC(C)=CCc1cc(C=C2OC(=O)C(c3ccc4c(c3)CCC(C)(C)O4)=C2O)ccc1O. The summed E-state index contributed by atoms with van der Waals surface area (Å²) in [5.41, 5.74) is 4.17. The van der Waals surface area contributed by atoms with Crippen molar-refractivity contribution in [2.45, 2.75) is 52.6 Å². The van der Waals surface area contributed by atoms with Crippen LogP contribution in [0, 0.1) is 0 Å². The van der Waals surface area contributed by atoms with E-state index in [0.29, 0.717) is 12.0 Å². The number of aryl methyl sites for hydroxylation is 1. The molecule has 0 radical (unpaired) electrons. The molecule has 4 rings (SSSR count). The van der Waals surface area contributed by atoms with Crippen LogP contribution in [0.4, 0.5) is 0 Å². The fraction of sp³-hybridized carbons (Fsp3) is 0.296. The maximum Gasteiger partial charge on any atom is 0.348 e. The second-order valence-electron chi connectivity index (χ2n) is 9.18. The van der Waals surface area contributed by atoms with Crippen molar-refractivity contribution in [1.29, 1.82) is 0 Å². The molecular formula is C27H28O5. The van der Waals surface area contributed by atoms with Gasteiger partial charge in [-0.3, -0.25) is 0 Å². The molecule has 32 heavy (non-hydrogen) atoms. The van der Waals surface area contributed by atoms with Gasteiger partial charge in [0, 0.05) is 0 Å². The first kappa shape index (κ1) is 21.8. The van der Waals surface area contributed by atoms with E-state index in [-0.39, 0.29) is 28.4 Å². The lowest BCUT2D eigenvalue weighted by molar-refractivity contribution is -0.131. The van der Waals surface area contributed by atoms with E-state index < -0.39 is 5.97 Å². The molecule has 2 aliphatic rings. The van der Waals surface area contributed by atoms with Crippen molar-refractivity contribution in [2.75, 3.05) is 0 Å². The van der Waals surface area contributed by atoms with Crippen molar-refractivity contribution < 1.29 is 24.5 Å². The van der Waals surface area contributed by atoms with Crippen molar-refractivity contribution >= 4 is 17.6 Å². The Morgan fingerprint density at radius 2 is 1.91 bits per heavy atom. The van der Waals surface area contributed by atoms with Crippen LogP contribution >= 0.6 is 0 Å². The van der Waals surface area contributed by atoms with Gasteiger partial charge in [-0.25, -0.2) is 4.79 Å². The zero-order chi connectivity index (χ0) is 23.0. The first-order valence-corrected chi connectivity index (χ1v) is 10.8. The van der Waals surface area contributed by atoms with Crippen molar-refractivity contribution in [1.82, 2.24) is 0 Å². The second-order valence-corrected chi connectivity index (χ2v) is 9.18. The first-order valence-electron chi connectivity index (χ1n) is 10.8. The maximum absolute atomic E-state index is 12.6. The molecule has 0 aliphatic carbocycles. The monoisotopic (exact) mass is 432 g/mol. The van der Waals surface area contributed by atoms with Crippen LogP contribution in [0.3, 0.4) is 0 Å². The Bertz CT molecular complexity index is 1180. The Labute approximate surface area is 188 Å². The molecule has 2 aromatic carbocycles. The molecule has 2 aromatic rings. The number of aliphatic hydroxyl groups is 1. The van der Waals surface area contributed by atoms with Gasteiger partial charge >= 0.3 is 5.97 Å². The summed E-state index contributed by atoms with van der Waals surface area (Å²) in [4.78, 5) is 12.6. The number of benzene rings is 2. The molecule has 0 amide bonds. The highest BCUT2D eigenvalue weighted by Gasteiger charge is 2.33. The number of phenols is 1. The van der Waals surface area contributed by atoms with E-state index in [1.54, 1.807) is 24.3 Å². The van der Waals surface area contributed by atoms with Gasteiger partial charge in [-0.15, -0.1) is 0 Å². The predicted molar refractivity (Wildman–Crippen MR) is 124 cm³/mol. The molecule has 5 heteroatoms. The van der Waals surface area contributed by atoms with E-state index in [0.717, 1.165) is 40.9 Å². The average Bonchev–Trinajstić information content (AvgIpc) is 3.00. The molecule has 0 saturated carbocycles. The summed E-state index contributed by atoms with van der Waals surface area (Å²) < 4.78 is 11.4. The largest absolute Gasteiger partial charge is 0.508 e. The summed E-state index contributed by atoms with van der Waals surface area (Å²) in [5.74, 6) is 0.326. The standard InChI is InChI=1S/C27H28O5/c1-16(2)5-7-18-13-17(6-9-21(18)28)14-23-25(29)24(26(30)31-23)20-8-10-22-19(15-20)11-12-27(3,4)32-22/h5-6,8-10,13-15,28-29H,7,11-12H2,1-4H3. The summed E-state index contributed by atoms with van der Waals surface area (Å²) in [6, 6.07) is 10.6. The van der Waals surface area contributed by atoms with Gasteiger partial charge in [0.1, 0.15) is 22.7 Å². The molecule has 0 bridgehead atoms. The van der Waals surface area contributed by atoms with Crippen molar-refractivity contribution in [2.24, 2.45) is 0 Å². The summed E-state index contributed by atoms with van der Waals surface area (Å²) >= 11 is 0. The van der Waals surface area contributed by atoms with Crippen LogP contribution < -0.4 is 4.74 Å². The fourth-order valence-corrected chi connectivity index (χ4v) is 3.91. The van der Waals surface area contributed by atoms with Crippen molar-refractivity contribution in [3.8, 4) is 11.5 Å². The Balaban J connectivity index is 1.66. The molecule has 2 aliphatic heterocycles. The summed E-state index contributed by atoms with van der Waals surface area (Å²) in [5, 5.41) is 20.9. The van der Waals surface area contributed by atoms with Gasteiger partial charge in [-0.05, 0) is 99.6 Å². The zero-order valence-electron chi connectivity index (χ0n) is 18.9. The predicted octanol–water partition coefficient (Wildman–Crippen LogP) is 5.87. The third-order valence-electron chi connectivity index (χ3n) is 5.74. The third-order valence-corrected chi connectivity index (χ3v) is 5.74. The van der Waals surface area contributed by atoms with E-state index in [1.807, 2.05) is 38.1 Å². The molecule has 0 atom stereocenters. The van der Waals surface area contributed by atoms with Crippen LogP contribution in [0.5, 0.6) is 11.5 Å². The minimum atomic E-state index is -0.589. The Hall–Kier alpha value is -3.47. The van der Waals surface area contributed by atoms with Crippen LogP contribution in [0.2, 0.25) is 0 Å². The van der Waals surface area contributed by atoms with Crippen LogP contribution in [-0.4, -0.2) is 21.8 Å². The number of rotatable bonds is 4. The smallest absolute Gasteiger partial charge is 0.348 e. The van der Waals surface area contributed by atoms with Crippen LogP contribution in [0.15, 0.2) is 59.6 Å². The molecule has 5 nitrogen and oxygen atoms in total. The van der Waals surface area contributed by atoms with E-state index in [1.165, 1.54) is 0 Å². The van der Waals surface area contributed by atoms with Gasteiger partial charge in [0.15, 0.2) is 11.5 Å². The van der Waals surface area contributed by atoms with Crippen molar-refractivity contribution in [3.05, 3.63) is 81.8 Å². The van der Waals surface area contributed by atoms with Gasteiger partial charge in [-0.2, -0.15) is 0 Å². The molecule has 0 spiro atoms. The average molecular weight is 433 g/mol. The molecule has 0 aromatic heterocycles. The van der Waals surface area contributed by atoms with E-state index in [4.69, 9.17) is 9.47 Å². The van der Waals surface area contributed by atoms with E-state index in [2.05, 4.69) is 13.8 Å². The lowest BCUT2D eigenvalue weighted by Gasteiger charge is -2.32.